The van der Waals surface area contributed by atoms with Crippen molar-refractivity contribution in [3.63, 3.8) is 0 Å². The molecule has 27 heavy (non-hydrogen) atoms. The monoisotopic (exact) mass is 376 g/mol. The van der Waals surface area contributed by atoms with Crippen LogP contribution < -0.4 is 14.2 Å². The summed E-state index contributed by atoms with van der Waals surface area (Å²) in [5, 5.41) is 10.9. The molecule has 0 amide bonds. The molecule has 0 unspecified atom stereocenters. The Morgan fingerprint density at radius 1 is 1.11 bits per heavy atom. The summed E-state index contributed by atoms with van der Waals surface area (Å²) < 4.78 is 30.1. The Balaban J connectivity index is 1.72. The minimum Gasteiger partial charge on any atom is -0.493 e. The molecular weight excluding hydrogens is 351 g/mol. The first-order valence-corrected chi connectivity index (χ1v) is 8.85. The van der Waals surface area contributed by atoms with Gasteiger partial charge in [-0.25, -0.2) is 4.98 Å². The van der Waals surface area contributed by atoms with Crippen molar-refractivity contribution < 1.29 is 23.7 Å². The lowest BCUT2D eigenvalue weighted by Crippen LogP contribution is -2.42. The van der Waals surface area contributed by atoms with Crippen molar-refractivity contribution >= 4 is 0 Å². The average molecular weight is 376 g/mol. The van der Waals surface area contributed by atoms with Gasteiger partial charge in [-0.05, 0) is 36.6 Å². The van der Waals surface area contributed by atoms with E-state index in [2.05, 4.69) is 9.88 Å². The third kappa shape index (κ3) is 3.99. The second kappa shape index (κ2) is 8.10. The lowest BCUT2D eigenvalue weighted by molar-refractivity contribution is -0.0308. The van der Waals surface area contributed by atoms with E-state index in [1.165, 1.54) is 6.20 Å². The van der Waals surface area contributed by atoms with Crippen molar-refractivity contribution in [3.8, 4) is 17.2 Å². The van der Waals surface area contributed by atoms with Crippen molar-refractivity contribution in [2.45, 2.75) is 25.0 Å². The predicted octanol–water partition coefficient (Wildman–Crippen LogP) is 2.73. The summed E-state index contributed by atoms with van der Waals surface area (Å²) in [4.78, 5) is 5.87. The summed E-state index contributed by atoms with van der Waals surface area (Å²) in [5.41, 5.74) is 0.115. The third-order valence-corrected chi connectivity index (χ3v) is 5.07. The molecule has 1 saturated heterocycles. The van der Waals surface area contributed by atoms with E-state index in [-0.39, 0.29) is 5.56 Å². The van der Waals surface area contributed by atoms with Crippen LogP contribution in [0.4, 0.5) is 4.39 Å². The minimum absolute atomic E-state index is 0.275. The van der Waals surface area contributed by atoms with Gasteiger partial charge in [-0.15, -0.1) is 0 Å². The Hall–Kier alpha value is -2.38. The standard InChI is InChI=1S/C20H25FN2O4/c1-25-16-11-14(12-17(26-2)18(16)27-3)13-23-9-6-20(24,7-10-23)15-5-4-8-22-19(15)21/h4-5,8,11-12,24H,6-7,9-10,13H2,1-3H3. The van der Waals surface area contributed by atoms with Crippen LogP contribution in [-0.4, -0.2) is 49.4 Å². The maximum atomic E-state index is 14.0. The summed E-state index contributed by atoms with van der Waals surface area (Å²) in [6.07, 6.45) is 2.28. The Kier molecular flexibility index (Phi) is 5.82. The molecule has 0 aliphatic carbocycles. The maximum absolute atomic E-state index is 14.0. The number of rotatable bonds is 6. The van der Waals surface area contributed by atoms with Crippen LogP contribution in [0.25, 0.3) is 0 Å². The quantitative estimate of drug-likeness (QED) is 0.782. The van der Waals surface area contributed by atoms with E-state index >= 15 is 0 Å². The largest absolute Gasteiger partial charge is 0.493 e. The first kappa shape index (κ1) is 19.4. The van der Waals surface area contributed by atoms with Crippen molar-refractivity contribution in [3.05, 3.63) is 47.5 Å². The van der Waals surface area contributed by atoms with Crippen LogP contribution in [0, 0.1) is 5.95 Å². The fourth-order valence-electron chi connectivity index (χ4n) is 3.57. The van der Waals surface area contributed by atoms with Crippen LogP contribution in [-0.2, 0) is 12.1 Å². The molecule has 1 aliphatic heterocycles. The highest BCUT2D eigenvalue weighted by Gasteiger charge is 2.36. The minimum atomic E-state index is -1.18. The number of nitrogens with zero attached hydrogens (tertiary/aromatic N) is 2. The second-order valence-corrected chi connectivity index (χ2v) is 6.68. The smallest absolute Gasteiger partial charge is 0.218 e. The van der Waals surface area contributed by atoms with Gasteiger partial charge in [-0.1, -0.05) is 6.07 Å². The molecule has 0 atom stereocenters. The molecule has 1 aromatic heterocycles. The van der Waals surface area contributed by atoms with Gasteiger partial charge in [0.2, 0.25) is 11.7 Å². The Bertz CT molecular complexity index is 766. The first-order valence-electron chi connectivity index (χ1n) is 8.85. The van der Waals surface area contributed by atoms with Gasteiger partial charge in [0.15, 0.2) is 11.5 Å². The molecule has 2 heterocycles. The third-order valence-electron chi connectivity index (χ3n) is 5.07. The van der Waals surface area contributed by atoms with Crippen LogP contribution in [0.2, 0.25) is 0 Å². The Morgan fingerprint density at radius 2 is 1.74 bits per heavy atom. The zero-order valence-electron chi connectivity index (χ0n) is 15.9. The molecule has 7 heteroatoms. The number of aromatic nitrogens is 1. The van der Waals surface area contributed by atoms with Crippen molar-refractivity contribution in [1.29, 1.82) is 0 Å². The van der Waals surface area contributed by atoms with Crippen LogP contribution >= 0.6 is 0 Å². The number of hydrogen-bond donors (Lipinski definition) is 1. The predicted molar refractivity (Wildman–Crippen MR) is 98.7 cm³/mol. The molecule has 1 aromatic carbocycles. The number of halogens is 1. The van der Waals surface area contributed by atoms with Gasteiger partial charge >= 0.3 is 0 Å². The number of benzene rings is 1. The summed E-state index contributed by atoms with van der Waals surface area (Å²) in [5.74, 6) is 1.18. The van der Waals surface area contributed by atoms with E-state index in [0.29, 0.717) is 49.7 Å². The molecular formula is C20H25FN2O4. The molecule has 1 fully saturated rings. The van der Waals surface area contributed by atoms with Gasteiger partial charge in [0.05, 0.1) is 26.9 Å². The molecule has 2 aromatic rings. The highest BCUT2D eigenvalue weighted by atomic mass is 19.1. The normalized spacial score (nSPS) is 16.8. The Morgan fingerprint density at radius 3 is 2.26 bits per heavy atom. The highest BCUT2D eigenvalue weighted by Crippen LogP contribution is 2.39. The van der Waals surface area contributed by atoms with Crippen LogP contribution in [0.5, 0.6) is 17.2 Å². The van der Waals surface area contributed by atoms with Gasteiger partial charge in [0, 0.05) is 31.4 Å². The van der Waals surface area contributed by atoms with Crippen molar-refractivity contribution in [2.75, 3.05) is 34.4 Å². The SMILES string of the molecule is COc1cc(CN2CCC(O)(c3cccnc3F)CC2)cc(OC)c1OC. The van der Waals surface area contributed by atoms with Crippen molar-refractivity contribution in [2.24, 2.45) is 0 Å². The van der Waals surface area contributed by atoms with E-state index in [1.54, 1.807) is 33.5 Å². The van der Waals surface area contributed by atoms with Gasteiger partial charge in [0.25, 0.3) is 0 Å². The molecule has 0 bridgehead atoms. The molecule has 6 nitrogen and oxygen atoms in total. The van der Waals surface area contributed by atoms with Crippen LogP contribution in [0.15, 0.2) is 30.5 Å². The highest BCUT2D eigenvalue weighted by molar-refractivity contribution is 5.53. The van der Waals surface area contributed by atoms with E-state index < -0.39 is 11.5 Å². The van der Waals surface area contributed by atoms with Crippen LogP contribution in [0.3, 0.4) is 0 Å². The molecule has 1 N–H and O–H groups in total. The number of methoxy groups -OCH3 is 3. The van der Waals surface area contributed by atoms with Gasteiger partial charge in [0.1, 0.15) is 0 Å². The topological polar surface area (TPSA) is 64.1 Å². The number of likely N-dealkylation sites (tertiary alicyclic amines) is 1. The molecule has 0 saturated carbocycles. The summed E-state index contributed by atoms with van der Waals surface area (Å²) in [6, 6.07) is 7.10. The summed E-state index contributed by atoms with van der Waals surface area (Å²) >= 11 is 0. The summed E-state index contributed by atoms with van der Waals surface area (Å²) in [7, 11) is 4.75. The molecule has 0 radical (unpaired) electrons. The van der Waals surface area contributed by atoms with Gasteiger partial charge in [-0.2, -0.15) is 4.39 Å². The fraction of sp³-hybridized carbons (Fsp3) is 0.450. The van der Waals surface area contributed by atoms with E-state index in [0.717, 1.165) is 5.56 Å². The number of piperidine rings is 1. The fourth-order valence-corrected chi connectivity index (χ4v) is 3.57. The van der Waals surface area contributed by atoms with E-state index in [4.69, 9.17) is 14.2 Å². The maximum Gasteiger partial charge on any atom is 0.218 e. The molecule has 3 rings (SSSR count). The lowest BCUT2D eigenvalue weighted by Gasteiger charge is -2.38. The van der Waals surface area contributed by atoms with Crippen LogP contribution in [0.1, 0.15) is 24.0 Å². The molecule has 0 spiro atoms. The van der Waals surface area contributed by atoms with E-state index in [9.17, 15) is 9.50 Å². The lowest BCUT2D eigenvalue weighted by atomic mass is 9.85. The summed E-state index contributed by atoms with van der Waals surface area (Å²) in [6.45, 7) is 1.95. The zero-order chi connectivity index (χ0) is 19.4. The Labute approximate surface area is 158 Å². The number of hydrogen-bond acceptors (Lipinski definition) is 6. The second-order valence-electron chi connectivity index (χ2n) is 6.68. The molecule has 146 valence electrons. The number of aliphatic hydroxyl groups is 1. The average Bonchev–Trinajstić information content (AvgIpc) is 2.69. The zero-order valence-corrected chi connectivity index (χ0v) is 15.9. The van der Waals surface area contributed by atoms with E-state index in [1.807, 2.05) is 12.1 Å². The molecule has 1 aliphatic rings. The van der Waals surface area contributed by atoms with Gasteiger partial charge < -0.3 is 19.3 Å². The first-order chi connectivity index (χ1) is 13.0. The number of ether oxygens (including phenoxy) is 3. The van der Waals surface area contributed by atoms with Gasteiger partial charge in [-0.3, -0.25) is 4.90 Å². The van der Waals surface area contributed by atoms with Crippen molar-refractivity contribution in [1.82, 2.24) is 9.88 Å². The number of pyridine rings is 1.